The maximum atomic E-state index is 7.21. The Labute approximate surface area is 338 Å². The number of benzene rings is 7. The fourth-order valence-electron chi connectivity index (χ4n) is 10.8. The first-order chi connectivity index (χ1) is 28.1. The van der Waals surface area contributed by atoms with Gasteiger partial charge in [0.2, 0.25) is 0 Å². The summed E-state index contributed by atoms with van der Waals surface area (Å²) in [6.07, 6.45) is 0. The summed E-state index contributed by atoms with van der Waals surface area (Å²) in [5.74, 6) is 0. The van der Waals surface area contributed by atoms with E-state index in [1.165, 1.54) is 72.3 Å². The van der Waals surface area contributed by atoms with Crippen LogP contribution in [0, 0.1) is 0 Å². The molecule has 0 unspecified atom stereocenters. The summed E-state index contributed by atoms with van der Waals surface area (Å²) in [6.45, 7) is 13.8. The number of nitrogens with zero attached hydrogens (tertiary/aromatic N) is 2. The maximum Gasteiger partial charge on any atom is 0.329 e. The van der Waals surface area contributed by atoms with E-state index in [1.54, 1.807) is 0 Å². The van der Waals surface area contributed by atoms with Crippen LogP contribution in [0.1, 0.15) is 52.7 Å². The van der Waals surface area contributed by atoms with Crippen LogP contribution in [0.15, 0.2) is 142 Å². The highest BCUT2D eigenvalue weighted by atomic mass is 16.3. The van der Waals surface area contributed by atoms with Gasteiger partial charge in [0.05, 0.1) is 11.3 Å². The molecule has 4 aliphatic heterocycles. The molecular weight excluding hydrogens is 706 g/mol. The molecule has 13 rings (SSSR count). The molecule has 2 aromatic heterocycles. The van der Waals surface area contributed by atoms with Crippen LogP contribution in [0.4, 0.5) is 28.4 Å². The van der Waals surface area contributed by atoms with E-state index >= 15 is 0 Å². The zero-order valence-corrected chi connectivity index (χ0v) is 33.6. The number of para-hydroxylation sites is 3. The van der Waals surface area contributed by atoms with Crippen molar-refractivity contribution < 1.29 is 8.83 Å². The Morgan fingerprint density at radius 2 is 1.19 bits per heavy atom. The van der Waals surface area contributed by atoms with Gasteiger partial charge in [-0.25, -0.2) is 0 Å². The summed E-state index contributed by atoms with van der Waals surface area (Å²) in [5.41, 5.74) is 22.5. The molecule has 0 spiro atoms. The van der Waals surface area contributed by atoms with Crippen LogP contribution >= 0.6 is 0 Å². The van der Waals surface area contributed by atoms with Gasteiger partial charge in [-0.05, 0) is 91.8 Å². The van der Waals surface area contributed by atoms with Gasteiger partial charge in [0.1, 0.15) is 16.7 Å². The quantitative estimate of drug-likeness (QED) is 0.157. The monoisotopic (exact) mass is 746 g/mol. The largest absolute Gasteiger partial charge is 0.468 e. The molecule has 0 bridgehead atoms. The first-order valence-electron chi connectivity index (χ1n) is 20.7. The molecule has 0 atom stereocenters. The summed E-state index contributed by atoms with van der Waals surface area (Å²) in [7, 11) is 0. The normalized spacial score (nSPS) is 14.6. The number of hydrogen-bond acceptors (Lipinski definition) is 4. The van der Waals surface area contributed by atoms with Crippen molar-refractivity contribution in [3.63, 3.8) is 0 Å². The first-order valence-corrected chi connectivity index (χ1v) is 20.7. The van der Waals surface area contributed by atoms with Gasteiger partial charge in [0.25, 0.3) is 6.71 Å². The predicted octanol–water partition coefficient (Wildman–Crippen LogP) is 10.4. The van der Waals surface area contributed by atoms with Gasteiger partial charge in [-0.2, -0.15) is 0 Å². The van der Waals surface area contributed by atoms with Crippen molar-refractivity contribution in [1.29, 1.82) is 0 Å². The second-order valence-electron chi connectivity index (χ2n) is 18.9. The Bertz CT molecular complexity index is 3290. The summed E-state index contributed by atoms with van der Waals surface area (Å²) in [6, 6.07) is 49.7. The van der Waals surface area contributed by atoms with Gasteiger partial charge in [-0.15, -0.1) is 0 Å². The highest BCUT2D eigenvalue weighted by Crippen LogP contribution is 2.53. The Morgan fingerprint density at radius 3 is 1.97 bits per heavy atom. The average Bonchev–Trinajstić information content (AvgIpc) is 3.80. The van der Waals surface area contributed by atoms with E-state index < -0.39 is 0 Å². The van der Waals surface area contributed by atoms with E-state index in [-0.39, 0.29) is 24.4 Å². The standard InChI is InChI=1S/C52H40B2N2O2/c1-51(2,3)29-20-21-32-34-23-25-41-45-47(34)56-46-37(44-38(54(56)39(32)27-29)24-22-35-33-16-10-12-18-42(33)57-49(35)44)26-30(52(4,5)6)28-40(46)53(45)50-48(36-17-11-13-19-43(36)58-50)55(41)31-14-8-7-9-15-31/h7-28H,1-6H3. The Kier molecular flexibility index (Phi) is 6.06. The zero-order valence-electron chi connectivity index (χ0n) is 33.6. The van der Waals surface area contributed by atoms with Crippen LogP contribution in [0.3, 0.4) is 0 Å². The molecule has 0 N–H and O–H groups in total. The molecule has 6 heterocycles. The molecule has 58 heavy (non-hydrogen) atoms. The number of furan rings is 2. The highest BCUT2D eigenvalue weighted by molar-refractivity contribution is 7.03. The van der Waals surface area contributed by atoms with Crippen molar-refractivity contribution in [1.82, 2.24) is 0 Å². The minimum absolute atomic E-state index is 0.0170. The van der Waals surface area contributed by atoms with Gasteiger partial charge in [-0.3, -0.25) is 0 Å². The van der Waals surface area contributed by atoms with Crippen molar-refractivity contribution in [2.45, 2.75) is 52.4 Å². The lowest BCUT2D eigenvalue weighted by Crippen LogP contribution is -2.69. The molecule has 4 nitrogen and oxygen atoms in total. The van der Waals surface area contributed by atoms with Gasteiger partial charge < -0.3 is 18.5 Å². The SMILES string of the molecule is CC(C)(C)c1ccc2c(c1)B1c3ccc4c(oc5ccccc54)c3-c3cc(C(C)(C)C)cc4c3N1c1c-2ccc2c1B4c1oc3ccccc3c1N2c1ccccc1. The Morgan fingerprint density at radius 1 is 0.500 bits per heavy atom. The molecule has 7 aromatic carbocycles. The van der Waals surface area contributed by atoms with Crippen LogP contribution in [-0.2, 0) is 10.8 Å². The highest BCUT2D eigenvalue weighted by Gasteiger charge is 2.54. The van der Waals surface area contributed by atoms with Crippen LogP contribution in [-0.4, -0.2) is 13.6 Å². The van der Waals surface area contributed by atoms with E-state index in [1.807, 2.05) is 0 Å². The Hall–Kier alpha value is -6.39. The summed E-state index contributed by atoms with van der Waals surface area (Å²) >= 11 is 0. The van der Waals surface area contributed by atoms with Crippen molar-refractivity contribution >= 4 is 102 Å². The first kappa shape index (κ1) is 32.7. The van der Waals surface area contributed by atoms with E-state index in [9.17, 15) is 0 Å². The molecule has 0 radical (unpaired) electrons. The third-order valence-corrected chi connectivity index (χ3v) is 13.5. The van der Waals surface area contributed by atoms with Gasteiger partial charge in [0.15, 0.2) is 0 Å². The smallest absolute Gasteiger partial charge is 0.329 e. The van der Waals surface area contributed by atoms with E-state index in [0.717, 1.165) is 49.9 Å². The molecule has 9 aromatic rings. The molecule has 0 saturated carbocycles. The van der Waals surface area contributed by atoms with E-state index in [2.05, 4.69) is 185 Å². The maximum absolute atomic E-state index is 7.21. The molecule has 6 heteroatoms. The van der Waals surface area contributed by atoms with Crippen molar-refractivity contribution in [2.75, 3.05) is 9.71 Å². The van der Waals surface area contributed by atoms with Crippen LogP contribution < -0.4 is 37.2 Å². The van der Waals surface area contributed by atoms with Gasteiger partial charge in [0, 0.05) is 55.6 Å². The lowest BCUT2D eigenvalue weighted by Gasteiger charge is -2.51. The fraction of sp³-hybridized carbons (Fsp3) is 0.154. The minimum atomic E-state index is -0.132. The van der Waals surface area contributed by atoms with E-state index in [0.29, 0.717) is 0 Å². The molecule has 0 fully saturated rings. The van der Waals surface area contributed by atoms with Crippen molar-refractivity contribution in [2.24, 2.45) is 0 Å². The fourth-order valence-corrected chi connectivity index (χ4v) is 10.8. The number of fused-ring (bicyclic) bond motifs is 15. The van der Waals surface area contributed by atoms with E-state index in [4.69, 9.17) is 8.83 Å². The summed E-state index contributed by atoms with van der Waals surface area (Å²) in [5, 5.41) is 3.44. The number of rotatable bonds is 1. The average molecular weight is 747 g/mol. The van der Waals surface area contributed by atoms with Crippen LogP contribution in [0.2, 0.25) is 0 Å². The minimum Gasteiger partial charge on any atom is -0.468 e. The number of anilines is 5. The molecular formula is C52H40B2N2O2. The van der Waals surface area contributed by atoms with Crippen LogP contribution in [0.25, 0.3) is 55.2 Å². The third kappa shape index (κ3) is 4.03. The molecule has 0 aliphatic carbocycles. The number of hydrogen-bond donors (Lipinski definition) is 0. The zero-order chi connectivity index (χ0) is 39.0. The second-order valence-corrected chi connectivity index (χ2v) is 18.9. The van der Waals surface area contributed by atoms with Crippen LogP contribution in [0.5, 0.6) is 0 Å². The lowest BCUT2D eigenvalue weighted by molar-refractivity contribution is 0.590. The summed E-state index contributed by atoms with van der Waals surface area (Å²) < 4.78 is 14.2. The molecule has 276 valence electrons. The summed E-state index contributed by atoms with van der Waals surface area (Å²) in [4.78, 5) is 5.19. The predicted molar refractivity (Wildman–Crippen MR) is 245 cm³/mol. The van der Waals surface area contributed by atoms with Crippen molar-refractivity contribution in [3.8, 4) is 22.3 Å². The second kappa shape index (κ2) is 10.8. The Balaban J connectivity index is 1.24. The molecule has 0 saturated heterocycles. The van der Waals surface area contributed by atoms with Gasteiger partial charge in [-0.1, -0.05) is 133 Å². The molecule has 4 aliphatic rings. The third-order valence-electron chi connectivity index (χ3n) is 13.5. The molecule has 0 amide bonds. The topological polar surface area (TPSA) is 32.8 Å². The lowest BCUT2D eigenvalue weighted by atomic mass is 9.31. The van der Waals surface area contributed by atoms with Gasteiger partial charge >= 0.3 is 6.85 Å². The van der Waals surface area contributed by atoms with Crippen molar-refractivity contribution in [3.05, 3.63) is 145 Å².